The molecule has 0 aliphatic rings. The number of benzene rings is 2. The van der Waals surface area contributed by atoms with Gasteiger partial charge in [-0.15, -0.1) is 0 Å². The minimum absolute atomic E-state index is 0.124. The Morgan fingerprint density at radius 1 is 0.781 bits per heavy atom. The summed E-state index contributed by atoms with van der Waals surface area (Å²) in [6.07, 6.45) is 1.42. The Morgan fingerprint density at radius 3 is 1.91 bits per heavy atom. The number of ether oxygens (including phenoxy) is 2. The van der Waals surface area contributed by atoms with E-state index in [0.717, 1.165) is 24.0 Å². The van der Waals surface area contributed by atoms with Gasteiger partial charge in [-0.3, -0.25) is 4.79 Å². The highest BCUT2D eigenvalue weighted by Gasteiger charge is 2.16. The molecule has 0 aliphatic heterocycles. The molecule has 3 N–H and O–H groups in total. The van der Waals surface area contributed by atoms with E-state index in [1.807, 2.05) is 60.7 Å². The standard InChI is InChI=1S/C24H30N2O6/c27-22(28)16-21(26-24(30)32-18-20-12-6-2-7-13-20)14-8-3-9-15-25-23(29)31-17-19-10-4-1-5-11-19/h1-2,4-7,10-13,21H,3,8-9,14-18H2,(H,25,29)(H,26,30)(H,27,28)/t21-/m0/s1. The van der Waals surface area contributed by atoms with Gasteiger partial charge < -0.3 is 25.2 Å². The van der Waals surface area contributed by atoms with Gasteiger partial charge >= 0.3 is 18.2 Å². The van der Waals surface area contributed by atoms with Crippen molar-refractivity contribution in [1.82, 2.24) is 10.6 Å². The number of alkyl carbamates (subject to hydrolysis) is 2. The quantitative estimate of drug-likeness (QED) is 0.400. The maximum atomic E-state index is 12.0. The van der Waals surface area contributed by atoms with Gasteiger partial charge in [0.1, 0.15) is 13.2 Å². The Hall–Kier alpha value is -3.55. The van der Waals surface area contributed by atoms with Crippen molar-refractivity contribution >= 4 is 18.2 Å². The van der Waals surface area contributed by atoms with E-state index < -0.39 is 24.2 Å². The van der Waals surface area contributed by atoms with Crippen LogP contribution in [0, 0.1) is 0 Å². The van der Waals surface area contributed by atoms with Crippen LogP contribution >= 0.6 is 0 Å². The van der Waals surface area contributed by atoms with Crippen LogP contribution in [0.15, 0.2) is 60.7 Å². The van der Waals surface area contributed by atoms with Crippen molar-refractivity contribution in [2.75, 3.05) is 6.54 Å². The van der Waals surface area contributed by atoms with E-state index in [4.69, 9.17) is 14.6 Å². The maximum absolute atomic E-state index is 12.0. The van der Waals surface area contributed by atoms with Crippen molar-refractivity contribution in [3.8, 4) is 0 Å². The van der Waals surface area contributed by atoms with Gasteiger partial charge in [0, 0.05) is 12.6 Å². The predicted molar refractivity (Wildman–Crippen MR) is 119 cm³/mol. The molecule has 1 atom stereocenters. The van der Waals surface area contributed by atoms with Gasteiger partial charge in [-0.25, -0.2) is 9.59 Å². The zero-order valence-electron chi connectivity index (χ0n) is 18.0. The van der Waals surface area contributed by atoms with E-state index >= 15 is 0 Å². The normalized spacial score (nSPS) is 11.2. The minimum atomic E-state index is -0.985. The van der Waals surface area contributed by atoms with Crippen molar-refractivity contribution in [2.24, 2.45) is 0 Å². The molecule has 172 valence electrons. The number of carboxylic acid groups (broad SMARTS) is 1. The van der Waals surface area contributed by atoms with Crippen molar-refractivity contribution < 1.29 is 29.0 Å². The average Bonchev–Trinajstić information content (AvgIpc) is 2.79. The molecule has 0 radical (unpaired) electrons. The largest absolute Gasteiger partial charge is 0.481 e. The summed E-state index contributed by atoms with van der Waals surface area (Å²) >= 11 is 0. The number of hydrogen-bond acceptors (Lipinski definition) is 5. The molecule has 2 aromatic carbocycles. The smallest absolute Gasteiger partial charge is 0.407 e. The number of amides is 2. The monoisotopic (exact) mass is 442 g/mol. The molecular formula is C24H30N2O6. The van der Waals surface area contributed by atoms with Crippen LogP contribution in [-0.4, -0.2) is 35.8 Å². The number of unbranched alkanes of at least 4 members (excludes halogenated alkanes) is 2. The highest BCUT2D eigenvalue weighted by Crippen LogP contribution is 2.08. The molecule has 2 amide bonds. The number of rotatable bonds is 13. The molecule has 2 aromatic rings. The highest BCUT2D eigenvalue weighted by atomic mass is 16.6. The van der Waals surface area contributed by atoms with Crippen LogP contribution in [0.3, 0.4) is 0 Å². The van der Waals surface area contributed by atoms with Gasteiger partial charge in [0.25, 0.3) is 0 Å². The van der Waals surface area contributed by atoms with Gasteiger partial charge in [-0.2, -0.15) is 0 Å². The lowest BCUT2D eigenvalue weighted by Crippen LogP contribution is -2.36. The van der Waals surface area contributed by atoms with Crippen molar-refractivity contribution in [3.63, 3.8) is 0 Å². The second-order valence-corrected chi connectivity index (χ2v) is 7.34. The van der Waals surface area contributed by atoms with E-state index in [0.29, 0.717) is 19.4 Å². The summed E-state index contributed by atoms with van der Waals surface area (Å²) in [5.41, 5.74) is 1.77. The number of carbonyl (C=O) groups is 3. The van der Waals surface area contributed by atoms with Gasteiger partial charge in [-0.05, 0) is 24.0 Å². The molecule has 0 aliphatic carbocycles. The molecule has 8 nitrogen and oxygen atoms in total. The fourth-order valence-electron chi connectivity index (χ4n) is 3.02. The zero-order chi connectivity index (χ0) is 23.0. The fraction of sp³-hybridized carbons (Fsp3) is 0.375. The Morgan fingerprint density at radius 2 is 1.34 bits per heavy atom. The molecule has 0 aromatic heterocycles. The summed E-state index contributed by atoms with van der Waals surface area (Å²) < 4.78 is 10.3. The first-order valence-corrected chi connectivity index (χ1v) is 10.7. The van der Waals surface area contributed by atoms with E-state index in [2.05, 4.69) is 10.6 Å². The van der Waals surface area contributed by atoms with Crippen molar-refractivity contribution in [3.05, 3.63) is 71.8 Å². The van der Waals surface area contributed by atoms with E-state index in [1.54, 1.807) is 0 Å². The summed E-state index contributed by atoms with van der Waals surface area (Å²) in [6, 6.07) is 18.2. The summed E-state index contributed by atoms with van der Waals surface area (Å²) in [4.78, 5) is 34.8. The Bertz CT molecular complexity index is 829. The van der Waals surface area contributed by atoms with Crippen molar-refractivity contribution in [1.29, 1.82) is 0 Å². The molecule has 0 saturated carbocycles. The van der Waals surface area contributed by atoms with Gasteiger partial charge in [-0.1, -0.05) is 73.5 Å². The number of aliphatic carboxylic acids is 1. The van der Waals surface area contributed by atoms with E-state index in [1.165, 1.54) is 0 Å². The van der Waals surface area contributed by atoms with Crippen LogP contribution < -0.4 is 10.6 Å². The summed E-state index contributed by atoms with van der Waals surface area (Å²) in [7, 11) is 0. The summed E-state index contributed by atoms with van der Waals surface area (Å²) in [6.45, 7) is 0.803. The first kappa shape index (κ1) is 24.7. The minimum Gasteiger partial charge on any atom is -0.481 e. The second kappa shape index (κ2) is 14.5. The molecule has 0 bridgehead atoms. The molecule has 0 saturated heterocycles. The van der Waals surface area contributed by atoms with Crippen LogP contribution in [-0.2, 0) is 27.5 Å². The lowest BCUT2D eigenvalue weighted by atomic mass is 10.1. The SMILES string of the molecule is O=C(O)C[C@H](CCCCCNC(=O)OCc1ccccc1)NC(=O)OCc1ccccc1. The first-order chi connectivity index (χ1) is 15.5. The lowest BCUT2D eigenvalue weighted by Gasteiger charge is -2.17. The van der Waals surface area contributed by atoms with Gasteiger partial charge in [0.05, 0.1) is 6.42 Å². The number of carboxylic acids is 1. The molecule has 2 rings (SSSR count). The number of nitrogens with one attached hydrogen (secondary N) is 2. The topological polar surface area (TPSA) is 114 Å². The van der Waals surface area contributed by atoms with Crippen LogP contribution in [0.5, 0.6) is 0 Å². The van der Waals surface area contributed by atoms with Crippen LogP contribution in [0.4, 0.5) is 9.59 Å². The molecule has 0 unspecified atom stereocenters. The van der Waals surface area contributed by atoms with E-state index in [9.17, 15) is 14.4 Å². The first-order valence-electron chi connectivity index (χ1n) is 10.7. The van der Waals surface area contributed by atoms with Crippen molar-refractivity contribution in [2.45, 2.75) is 51.4 Å². The highest BCUT2D eigenvalue weighted by molar-refractivity contribution is 5.71. The van der Waals surface area contributed by atoms with Gasteiger partial charge in [0.15, 0.2) is 0 Å². The summed E-state index contributed by atoms with van der Waals surface area (Å²) in [5, 5.41) is 14.4. The fourth-order valence-corrected chi connectivity index (χ4v) is 3.02. The Balaban J connectivity index is 1.58. The Labute approximate surface area is 187 Å². The molecule has 32 heavy (non-hydrogen) atoms. The molecule has 0 fully saturated rings. The molecule has 0 spiro atoms. The number of hydrogen-bond donors (Lipinski definition) is 3. The number of carbonyl (C=O) groups excluding carboxylic acids is 2. The predicted octanol–water partition coefficient (Wildman–Crippen LogP) is 4.24. The van der Waals surface area contributed by atoms with Crippen LogP contribution in [0.1, 0.15) is 43.2 Å². The second-order valence-electron chi connectivity index (χ2n) is 7.34. The average molecular weight is 443 g/mol. The van der Waals surface area contributed by atoms with E-state index in [-0.39, 0.29) is 19.6 Å². The molecule has 0 heterocycles. The lowest BCUT2D eigenvalue weighted by molar-refractivity contribution is -0.137. The maximum Gasteiger partial charge on any atom is 0.407 e. The molecular weight excluding hydrogens is 412 g/mol. The van der Waals surface area contributed by atoms with Crippen LogP contribution in [0.2, 0.25) is 0 Å². The van der Waals surface area contributed by atoms with Gasteiger partial charge in [0.2, 0.25) is 0 Å². The third-order valence-corrected chi connectivity index (χ3v) is 4.67. The Kier molecular flexibility index (Phi) is 11.2. The third-order valence-electron chi connectivity index (χ3n) is 4.67. The third kappa shape index (κ3) is 11.0. The summed E-state index contributed by atoms with van der Waals surface area (Å²) in [5.74, 6) is -0.985. The molecule has 8 heteroatoms. The zero-order valence-corrected chi connectivity index (χ0v) is 18.0. The van der Waals surface area contributed by atoms with Crippen LogP contribution in [0.25, 0.3) is 0 Å².